The normalized spacial score (nSPS) is 14.2. The summed E-state index contributed by atoms with van der Waals surface area (Å²) in [6.45, 7) is 2.45. The van der Waals surface area contributed by atoms with Crippen LogP contribution in [0, 0.1) is 5.92 Å². The zero-order valence-electron chi connectivity index (χ0n) is 7.24. The molecule has 0 aromatic carbocycles. The molecule has 0 heterocycles. The Morgan fingerprint density at radius 1 is 1.64 bits per heavy atom. The van der Waals surface area contributed by atoms with Crippen LogP contribution in [0.5, 0.6) is 0 Å². The lowest BCUT2D eigenvalue weighted by molar-refractivity contribution is -0.139. The summed E-state index contributed by atoms with van der Waals surface area (Å²) in [4.78, 5) is 12.3. The van der Waals surface area contributed by atoms with E-state index in [4.69, 9.17) is 5.11 Å². The highest BCUT2D eigenvalue weighted by molar-refractivity contribution is 5.71. The SMILES string of the molecule is C[C@@H](/C=C/CN(C)C)C(=O)O. The zero-order chi connectivity index (χ0) is 8.85. The van der Waals surface area contributed by atoms with Crippen LogP contribution in [0.2, 0.25) is 0 Å². The lowest BCUT2D eigenvalue weighted by Gasteiger charge is -2.04. The van der Waals surface area contributed by atoms with E-state index < -0.39 is 5.97 Å². The van der Waals surface area contributed by atoms with Crippen LogP contribution >= 0.6 is 0 Å². The first-order chi connectivity index (χ1) is 5.04. The van der Waals surface area contributed by atoms with Gasteiger partial charge in [0.15, 0.2) is 0 Å². The second kappa shape index (κ2) is 4.91. The predicted octanol–water partition coefficient (Wildman–Crippen LogP) is 0.825. The number of carbonyl (C=O) groups is 1. The first kappa shape index (κ1) is 10.2. The van der Waals surface area contributed by atoms with Crippen molar-refractivity contribution < 1.29 is 9.90 Å². The Morgan fingerprint density at radius 2 is 2.18 bits per heavy atom. The fourth-order valence-corrected chi connectivity index (χ4v) is 0.558. The predicted molar refractivity (Wildman–Crippen MR) is 44.5 cm³/mol. The third-order valence-electron chi connectivity index (χ3n) is 1.28. The summed E-state index contributed by atoms with van der Waals surface area (Å²) in [5.74, 6) is -1.16. The minimum absolute atomic E-state index is 0.380. The van der Waals surface area contributed by atoms with Gasteiger partial charge in [0, 0.05) is 6.54 Å². The molecule has 1 atom stereocenters. The van der Waals surface area contributed by atoms with Gasteiger partial charge in [-0.3, -0.25) is 4.79 Å². The van der Waals surface area contributed by atoms with Gasteiger partial charge >= 0.3 is 5.97 Å². The molecule has 0 amide bonds. The summed E-state index contributed by atoms with van der Waals surface area (Å²) in [5, 5.41) is 8.48. The van der Waals surface area contributed by atoms with Gasteiger partial charge in [-0.2, -0.15) is 0 Å². The van der Waals surface area contributed by atoms with Crippen molar-refractivity contribution in [3.63, 3.8) is 0 Å². The molecule has 0 fully saturated rings. The summed E-state index contributed by atoms with van der Waals surface area (Å²) in [6, 6.07) is 0. The van der Waals surface area contributed by atoms with Gasteiger partial charge in [-0.25, -0.2) is 0 Å². The quantitative estimate of drug-likeness (QED) is 0.614. The Hall–Kier alpha value is -0.830. The van der Waals surface area contributed by atoms with E-state index in [1.165, 1.54) is 0 Å². The van der Waals surface area contributed by atoms with Crippen LogP contribution in [0.4, 0.5) is 0 Å². The molecule has 0 bridgehead atoms. The van der Waals surface area contributed by atoms with Crippen molar-refractivity contribution >= 4 is 5.97 Å². The van der Waals surface area contributed by atoms with Crippen LogP contribution in [-0.4, -0.2) is 36.6 Å². The molecule has 0 saturated heterocycles. The van der Waals surface area contributed by atoms with Crippen LogP contribution in [-0.2, 0) is 4.79 Å². The van der Waals surface area contributed by atoms with Crippen LogP contribution in [0.15, 0.2) is 12.2 Å². The molecular formula is C8H15NO2. The van der Waals surface area contributed by atoms with Crippen LogP contribution in [0.1, 0.15) is 6.92 Å². The number of hydrogen-bond donors (Lipinski definition) is 1. The second-order valence-electron chi connectivity index (χ2n) is 2.82. The Bertz CT molecular complexity index is 152. The summed E-state index contributed by atoms with van der Waals surface area (Å²) in [6.07, 6.45) is 3.56. The number of carboxylic acid groups (broad SMARTS) is 1. The molecule has 0 aromatic heterocycles. The maximum atomic E-state index is 10.3. The van der Waals surface area contributed by atoms with Crippen molar-refractivity contribution in [1.29, 1.82) is 0 Å². The van der Waals surface area contributed by atoms with E-state index >= 15 is 0 Å². The van der Waals surface area contributed by atoms with Crippen molar-refractivity contribution in [3.8, 4) is 0 Å². The maximum Gasteiger partial charge on any atom is 0.310 e. The van der Waals surface area contributed by atoms with Gasteiger partial charge in [0.25, 0.3) is 0 Å². The maximum absolute atomic E-state index is 10.3. The van der Waals surface area contributed by atoms with Gasteiger partial charge in [-0.05, 0) is 21.0 Å². The Labute approximate surface area is 67.3 Å². The Morgan fingerprint density at radius 3 is 2.55 bits per heavy atom. The first-order valence-corrected chi connectivity index (χ1v) is 3.58. The topological polar surface area (TPSA) is 40.5 Å². The highest BCUT2D eigenvalue weighted by Gasteiger charge is 2.04. The van der Waals surface area contributed by atoms with Crippen molar-refractivity contribution in [3.05, 3.63) is 12.2 Å². The molecule has 0 spiro atoms. The van der Waals surface area contributed by atoms with E-state index in [1.54, 1.807) is 13.0 Å². The largest absolute Gasteiger partial charge is 0.481 e. The minimum atomic E-state index is -0.778. The number of aliphatic carboxylic acids is 1. The summed E-state index contributed by atoms with van der Waals surface area (Å²) in [7, 11) is 3.88. The monoisotopic (exact) mass is 157 g/mol. The number of likely N-dealkylation sites (N-methyl/N-ethyl adjacent to an activating group) is 1. The molecule has 3 nitrogen and oxygen atoms in total. The standard InChI is InChI=1S/C8H15NO2/c1-7(8(10)11)5-4-6-9(2)3/h4-5,7H,6H2,1-3H3,(H,10,11)/b5-4+/t7-/m0/s1. The van der Waals surface area contributed by atoms with E-state index in [9.17, 15) is 4.79 Å². The molecule has 0 aliphatic heterocycles. The number of hydrogen-bond acceptors (Lipinski definition) is 2. The molecule has 0 aliphatic carbocycles. The van der Waals surface area contributed by atoms with E-state index in [1.807, 2.05) is 25.1 Å². The minimum Gasteiger partial charge on any atom is -0.481 e. The molecule has 3 heteroatoms. The third kappa shape index (κ3) is 5.61. The smallest absolute Gasteiger partial charge is 0.310 e. The summed E-state index contributed by atoms with van der Waals surface area (Å²) in [5.41, 5.74) is 0. The summed E-state index contributed by atoms with van der Waals surface area (Å²) >= 11 is 0. The highest BCUT2D eigenvalue weighted by Crippen LogP contribution is 1.96. The molecule has 0 unspecified atom stereocenters. The van der Waals surface area contributed by atoms with Crippen molar-refractivity contribution in [1.82, 2.24) is 4.90 Å². The van der Waals surface area contributed by atoms with Crippen LogP contribution in [0.3, 0.4) is 0 Å². The molecule has 0 rings (SSSR count). The number of carboxylic acids is 1. The van der Waals surface area contributed by atoms with Crippen LogP contribution in [0.25, 0.3) is 0 Å². The fraction of sp³-hybridized carbons (Fsp3) is 0.625. The highest BCUT2D eigenvalue weighted by atomic mass is 16.4. The molecule has 1 N–H and O–H groups in total. The van der Waals surface area contributed by atoms with Gasteiger partial charge in [0.2, 0.25) is 0 Å². The van der Waals surface area contributed by atoms with Gasteiger partial charge in [-0.15, -0.1) is 0 Å². The van der Waals surface area contributed by atoms with Crippen molar-refractivity contribution in [2.75, 3.05) is 20.6 Å². The lowest BCUT2D eigenvalue weighted by atomic mass is 10.2. The van der Waals surface area contributed by atoms with E-state index in [2.05, 4.69) is 0 Å². The zero-order valence-corrected chi connectivity index (χ0v) is 7.24. The lowest BCUT2D eigenvalue weighted by Crippen LogP contribution is -2.12. The molecule has 0 aliphatic rings. The van der Waals surface area contributed by atoms with Crippen LogP contribution < -0.4 is 0 Å². The van der Waals surface area contributed by atoms with E-state index in [-0.39, 0.29) is 5.92 Å². The molecular weight excluding hydrogens is 142 g/mol. The molecule has 0 saturated carbocycles. The van der Waals surface area contributed by atoms with Crippen molar-refractivity contribution in [2.24, 2.45) is 5.92 Å². The number of rotatable bonds is 4. The third-order valence-corrected chi connectivity index (χ3v) is 1.28. The Kier molecular flexibility index (Phi) is 4.54. The number of nitrogens with zero attached hydrogens (tertiary/aromatic N) is 1. The molecule has 64 valence electrons. The van der Waals surface area contributed by atoms with E-state index in [0.717, 1.165) is 6.54 Å². The summed E-state index contributed by atoms with van der Waals surface area (Å²) < 4.78 is 0. The fourth-order valence-electron chi connectivity index (χ4n) is 0.558. The van der Waals surface area contributed by atoms with Gasteiger partial charge in [-0.1, -0.05) is 12.2 Å². The Balaban J connectivity index is 3.65. The molecule has 0 radical (unpaired) electrons. The molecule has 11 heavy (non-hydrogen) atoms. The van der Waals surface area contributed by atoms with Crippen molar-refractivity contribution in [2.45, 2.75) is 6.92 Å². The van der Waals surface area contributed by atoms with Gasteiger partial charge in [0.05, 0.1) is 5.92 Å². The van der Waals surface area contributed by atoms with Gasteiger partial charge in [0.1, 0.15) is 0 Å². The van der Waals surface area contributed by atoms with E-state index in [0.29, 0.717) is 0 Å². The molecule has 0 aromatic rings. The second-order valence-corrected chi connectivity index (χ2v) is 2.82. The first-order valence-electron chi connectivity index (χ1n) is 3.58. The average Bonchev–Trinajstić information content (AvgIpc) is 1.86. The average molecular weight is 157 g/mol. The van der Waals surface area contributed by atoms with Gasteiger partial charge < -0.3 is 10.0 Å².